The number of carbonyl (C=O) groups excluding carboxylic acids is 2. The van der Waals surface area contributed by atoms with Crippen LogP contribution in [0.3, 0.4) is 0 Å². The first-order valence-electron chi connectivity index (χ1n) is 7.14. The van der Waals surface area contributed by atoms with E-state index in [4.69, 9.17) is 9.47 Å². The lowest BCUT2D eigenvalue weighted by atomic mass is 10.1. The van der Waals surface area contributed by atoms with E-state index in [1.807, 2.05) is 20.8 Å². The zero-order valence-corrected chi connectivity index (χ0v) is 13.0. The molecule has 0 unspecified atom stereocenters. The fourth-order valence-corrected chi connectivity index (χ4v) is 1.31. The van der Waals surface area contributed by atoms with E-state index in [1.54, 1.807) is 0 Å². The molecule has 0 saturated heterocycles. The summed E-state index contributed by atoms with van der Waals surface area (Å²) in [6, 6.07) is 0. The average Bonchev–Trinajstić information content (AvgIpc) is 2.31. The van der Waals surface area contributed by atoms with Crippen molar-refractivity contribution in [2.45, 2.75) is 72.3 Å². The van der Waals surface area contributed by atoms with Gasteiger partial charge in [-0.3, -0.25) is 9.59 Å². The minimum Gasteiger partial charge on any atom is -0.466 e. The van der Waals surface area contributed by atoms with E-state index < -0.39 is 5.60 Å². The summed E-state index contributed by atoms with van der Waals surface area (Å²) in [4.78, 5) is 22.8. The summed E-state index contributed by atoms with van der Waals surface area (Å²) in [6.45, 7) is 10.2. The molecule has 4 nitrogen and oxygen atoms in total. The Kier molecular flexibility index (Phi) is 8.44. The molecular formula is C15H28O4. The van der Waals surface area contributed by atoms with Gasteiger partial charge in [0, 0.05) is 12.8 Å². The Labute approximate surface area is 116 Å². The Hall–Kier alpha value is -1.06. The van der Waals surface area contributed by atoms with Crippen LogP contribution in [0.1, 0.15) is 66.7 Å². The maximum absolute atomic E-state index is 11.5. The molecule has 0 aliphatic heterocycles. The predicted octanol–water partition coefficient (Wildman–Crippen LogP) is 3.48. The topological polar surface area (TPSA) is 52.6 Å². The smallest absolute Gasteiger partial charge is 0.306 e. The minimum absolute atomic E-state index is 0.184. The largest absolute Gasteiger partial charge is 0.466 e. The summed E-state index contributed by atoms with van der Waals surface area (Å²) in [6.07, 6.45) is 2.88. The zero-order chi connectivity index (χ0) is 14.9. The van der Waals surface area contributed by atoms with E-state index >= 15 is 0 Å². The quantitative estimate of drug-likeness (QED) is 0.476. The number of hydrogen-bond acceptors (Lipinski definition) is 4. The van der Waals surface area contributed by atoms with Crippen molar-refractivity contribution in [1.82, 2.24) is 0 Å². The van der Waals surface area contributed by atoms with Gasteiger partial charge in [0.15, 0.2) is 0 Å². The molecule has 0 radical (unpaired) electrons. The van der Waals surface area contributed by atoms with Crippen LogP contribution in [0.5, 0.6) is 0 Å². The van der Waals surface area contributed by atoms with Gasteiger partial charge in [-0.15, -0.1) is 0 Å². The van der Waals surface area contributed by atoms with E-state index in [1.165, 1.54) is 0 Å². The van der Waals surface area contributed by atoms with Gasteiger partial charge in [-0.25, -0.2) is 0 Å². The first-order chi connectivity index (χ1) is 8.76. The zero-order valence-electron chi connectivity index (χ0n) is 13.0. The first kappa shape index (κ1) is 17.9. The highest BCUT2D eigenvalue weighted by molar-refractivity contribution is 5.70. The Morgan fingerprint density at radius 1 is 1.11 bits per heavy atom. The van der Waals surface area contributed by atoms with Gasteiger partial charge in [0.1, 0.15) is 5.60 Å². The Morgan fingerprint density at radius 3 is 2.26 bits per heavy atom. The van der Waals surface area contributed by atoms with Crippen LogP contribution in [0.15, 0.2) is 0 Å². The van der Waals surface area contributed by atoms with Crippen LogP contribution in [0.2, 0.25) is 0 Å². The molecule has 0 amide bonds. The van der Waals surface area contributed by atoms with Crippen LogP contribution in [-0.2, 0) is 19.1 Å². The predicted molar refractivity (Wildman–Crippen MR) is 74.7 cm³/mol. The summed E-state index contributed by atoms with van der Waals surface area (Å²) in [5.41, 5.74) is -0.412. The molecule has 0 aromatic rings. The Bertz CT molecular complexity index is 282. The van der Waals surface area contributed by atoms with Crippen LogP contribution in [0.25, 0.3) is 0 Å². The fraction of sp³-hybridized carbons (Fsp3) is 0.867. The van der Waals surface area contributed by atoms with Gasteiger partial charge in [-0.1, -0.05) is 20.8 Å². The molecular weight excluding hydrogens is 244 g/mol. The first-order valence-corrected chi connectivity index (χ1v) is 7.14. The highest BCUT2D eigenvalue weighted by Gasteiger charge is 2.19. The summed E-state index contributed by atoms with van der Waals surface area (Å²) in [5, 5.41) is 0. The average molecular weight is 272 g/mol. The molecule has 0 rings (SSSR count). The minimum atomic E-state index is -0.412. The molecule has 0 aromatic carbocycles. The Morgan fingerprint density at radius 2 is 1.74 bits per heavy atom. The van der Waals surface area contributed by atoms with E-state index in [0.717, 1.165) is 12.8 Å². The van der Waals surface area contributed by atoms with Gasteiger partial charge in [-0.2, -0.15) is 0 Å². The van der Waals surface area contributed by atoms with Crippen molar-refractivity contribution in [2.24, 2.45) is 5.92 Å². The number of esters is 2. The van der Waals surface area contributed by atoms with Gasteiger partial charge in [0.2, 0.25) is 0 Å². The summed E-state index contributed by atoms with van der Waals surface area (Å²) in [7, 11) is 0. The molecule has 112 valence electrons. The van der Waals surface area contributed by atoms with Crippen LogP contribution < -0.4 is 0 Å². The molecule has 0 aliphatic rings. The highest BCUT2D eigenvalue weighted by Crippen LogP contribution is 2.15. The van der Waals surface area contributed by atoms with Crippen LogP contribution in [0.4, 0.5) is 0 Å². The lowest BCUT2D eigenvalue weighted by Crippen LogP contribution is -2.27. The summed E-state index contributed by atoms with van der Waals surface area (Å²) in [5.74, 6) is 0.0832. The fourth-order valence-electron chi connectivity index (χ4n) is 1.31. The third-order valence-electron chi connectivity index (χ3n) is 2.96. The van der Waals surface area contributed by atoms with E-state index in [0.29, 0.717) is 31.8 Å². The second-order valence-electron chi connectivity index (χ2n) is 5.84. The van der Waals surface area contributed by atoms with E-state index in [9.17, 15) is 9.59 Å². The maximum Gasteiger partial charge on any atom is 0.306 e. The second kappa shape index (κ2) is 8.94. The molecule has 0 aliphatic carbocycles. The molecule has 0 atom stereocenters. The number of hydrogen-bond donors (Lipinski definition) is 0. The number of ether oxygens (including phenoxy) is 2. The molecule has 4 heteroatoms. The molecule has 0 saturated carbocycles. The molecule has 0 fully saturated rings. The molecule has 0 aromatic heterocycles. The standard InChI is InChI=1S/C15H28O4/c1-6-15(4,5)19-14(17)8-7-11-18-13(16)10-9-12(2)3/h12H,6-11H2,1-5H3. The van der Waals surface area contributed by atoms with Crippen LogP contribution in [-0.4, -0.2) is 24.1 Å². The molecule has 0 spiro atoms. The van der Waals surface area contributed by atoms with Gasteiger partial charge < -0.3 is 9.47 Å². The molecule has 0 N–H and O–H groups in total. The maximum atomic E-state index is 11.5. The van der Waals surface area contributed by atoms with Crippen molar-refractivity contribution >= 4 is 11.9 Å². The molecule has 0 bridgehead atoms. The summed E-state index contributed by atoms with van der Waals surface area (Å²) < 4.78 is 10.3. The van der Waals surface area contributed by atoms with Crippen molar-refractivity contribution in [1.29, 1.82) is 0 Å². The Balaban J connectivity index is 3.64. The van der Waals surface area contributed by atoms with Crippen molar-refractivity contribution in [2.75, 3.05) is 6.61 Å². The van der Waals surface area contributed by atoms with Crippen molar-refractivity contribution in [3.8, 4) is 0 Å². The third-order valence-corrected chi connectivity index (χ3v) is 2.96. The van der Waals surface area contributed by atoms with Crippen LogP contribution in [0, 0.1) is 5.92 Å². The lowest BCUT2D eigenvalue weighted by molar-refractivity contribution is -0.158. The van der Waals surface area contributed by atoms with Crippen molar-refractivity contribution in [3.63, 3.8) is 0 Å². The van der Waals surface area contributed by atoms with Gasteiger partial charge >= 0.3 is 11.9 Å². The van der Waals surface area contributed by atoms with Crippen molar-refractivity contribution < 1.29 is 19.1 Å². The van der Waals surface area contributed by atoms with Gasteiger partial charge in [-0.05, 0) is 39.0 Å². The van der Waals surface area contributed by atoms with Gasteiger partial charge in [0.05, 0.1) is 6.61 Å². The molecule has 0 heterocycles. The van der Waals surface area contributed by atoms with E-state index in [-0.39, 0.29) is 11.9 Å². The number of carbonyl (C=O) groups is 2. The van der Waals surface area contributed by atoms with Crippen molar-refractivity contribution in [3.05, 3.63) is 0 Å². The number of rotatable bonds is 9. The van der Waals surface area contributed by atoms with Gasteiger partial charge in [0.25, 0.3) is 0 Å². The summed E-state index contributed by atoms with van der Waals surface area (Å²) >= 11 is 0. The normalized spacial score (nSPS) is 11.5. The van der Waals surface area contributed by atoms with Crippen LogP contribution >= 0.6 is 0 Å². The molecule has 19 heavy (non-hydrogen) atoms. The highest BCUT2D eigenvalue weighted by atomic mass is 16.6. The SMILES string of the molecule is CCC(C)(C)OC(=O)CCCOC(=O)CCC(C)C. The second-order valence-corrected chi connectivity index (χ2v) is 5.84. The monoisotopic (exact) mass is 272 g/mol. The lowest BCUT2D eigenvalue weighted by Gasteiger charge is -2.23. The third kappa shape index (κ3) is 10.5. The van der Waals surface area contributed by atoms with E-state index in [2.05, 4.69) is 13.8 Å².